The van der Waals surface area contributed by atoms with Crippen molar-refractivity contribution in [2.45, 2.75) is 45.6 Å². The van der Waals surface area contributed by atoms with Gasteiger partial charge in [0.25, 0.3) is 0 Å². The standard InChI is InChI=1S/C28H29FN2O3/c1-3-7-22-16-19(4-2)17-24(27(22)34-15-14-21-8-5-6-9-25(21)29)26(28(32)33)31-23-12-10-20(18-30)11-13-23/h5-6,8-13,16-17,26,31H,3-4,7,14-15H2,1-2H3,(H,32,33). The molecule has 1 unspecified atom stereocenters. The molecule has 0 saturated carbocycles. The predicted octanol–water partition coefficient (Wildman–Crippen LogP) is 6.07. The minimum atomic E-state index is -1.06. The van der Waals surface area contributed by atoms with Crippen molar-refractivity contribution in [2.24, 2.45) is 0 Å². The summed E-state index contributed by atoms with van der Waals surface area (Å²) in [5, 5.41) is 22.2. The monoisotopic (exact) mass is 460 g/mol. The van der Waals surface area contributed by atoms with Crippen molar-refractivity contribution in [1.82, 2.24) is 0 Å². The smallest absolute Gasteiger partial charge is 0.330 e. The highest BCUT2D eigenvalue weighted by atomic mass is 19.1. The molecule has 0 heterocycles. The number of hydrogen-bond donors (Lipinski definition) is 2. The molecule has 0 aliphatic carbocycles. The molecule has 3 aromatic carbocycles. The molecule has 0 saturated heterocycles. The third kappa shape index (κ3) is 6.14. The average molecular weight is 461 g/mol. The number of ether oxygens (including phenoxy) is 1. The Morgan fingerprint density at radius 3 is 2.44 bits per heavy atom. The van der Waals surface area contributed by atoms with Crippen molar-refractivity contribution >= 4 is 11.7 Å². The number of hydrogen-bond acceptors (Lipinski definition) is 4. The summed E-state index contributed by atoms with van der Waals surface area (Å²) in [6.45, 7) is 4.31. The van der Waals surface area contributed by atoms with E-state index in [0.717, 1.165) is 30.4 Å². The van der Waals surface area contributed by atoms with Crippen LogP contribution in [0.15, 0.2) is 60.7 Å². The molecule has 0 radical (unpaired) electrons. The highest BCUT2D eigenvalue weighted by molar-refractivity contribution is 5.81. The zero-order chi connectivity index (χ0) is 24.5. The SMILES string of the molecule is CCCc1cc(CC)cc(C(Nc2ccc(C#N)cc2)C(=O)O)c1OCCc1ccccc1F. The molecule has 0 aliphatic rings. The molecule has 6 heteroatoms. The van der Waals surface area contributed by atoms with Crippen LogP contribution in [-0.4, -0.2) is 17.7 Å². The Morgan fingerprint density at radius 2 is 1.82 bits per heavy atom. The molecule has 3 rings (SSSR count). The maximum absolute atomic E-state index is 14.1. The molecule has 176 valence electrons. The lowest BCUT2D eigenvalue weighted by atomic mass is 9.95. The summed E-state index contributed by atoms with van der Waals surface area (Å²) in [6.07, 6.45) is 2.73. The average Bonchev–Trinajstić information content (AvgIpc) is 2.84. The summed E-state index contributed by atoms with van der Waals surface area (Å²) >= 11 is 0. The number of carboxylic acid groups (broad SMARTS) is 1. The van der Waals surface area contributed by atoms with E-state index in [0.29, 0.717) is 34.5 Å². The summed E-state index contributed by atoms with van der Waals surface area (Å²) < 4.78 is 20.2. The summed E-state index contributed by atoms with van der Waals surface area (Å²) in [5.74, 6) is -0.796. The fraction of sp³-hybridized carbons (Fsp3) is 0.286. The fourth-order valence-electron chi connectivity index (χ4n) is 3.88. The van der Waals surface area contributed by atoms with Gasteiger partial charge in [0.05, 0.1) is 18.2 Å². The number of nitrogens with one attached hydrogen (secondary N) is 1. The van der Waals surface area contributed by atoms with Crippen molar-refractivity contribution < 1.29 is 19.0 Å². The first-order valence-corrected chi connectivity index (χ1v) is 11.5. The minimum Gasteiger partial charge on any atom is -0.493 e. The van der Waals surface area contributed by atoms with Gasteiger partial charge in [-0.1, -0.05) is 44.5 Å². The van der Waals surface area contributed by atoms with Crippen LogP contribution >= 0.6 is 0 Å². The molecular formula is C28H29FN2O3. The number of carbonyl (C=O) groups is 1. The van der Waals surface area contributed by atoms with Gasteiger partial charge < -0.3 is 15.2 Å². The molecular weight excluding hydrogens is 431 g/mol. The lowest BCUT2D eigenvalue weighted by molar-refractivity contribution is -0.138. The van der Waals surface area contributed by atoms with Crippen LogP contribution in [0, 0.1) is 17.1 Å². The summed E-state index contributed by atoms with van der Waals surface area (Å²) in [5.41, 5.74) is 4.13. The lowest BCUT2D eigenvalue weighted by Gasteiger charge is -2.23. The Kier molecular flexibility index (Phi) is 8.64. The number of rotatable bonds is 11. The molecule has 0 fully saturated rings. The van der Waals surface area contributed by atoms with Crippen LogP contribution in [0.25, 0.3) is 0 Å². The molecule has 5 nitrogen and oxygen atoms in total. The third-order valence-corrected chi connectivity index (χ3v) is 5.64. The van der Waals surface area contributed by atoms with Gasteiger partial charge in [0.1, 0.15) is 11.6 Å². The normalized spacial score (nSPS) is 11.5. The van der Waals surface area contributed by atoms with Gasteiger partial charge in [-0.3, -0.25) is 0 Å². The summed E-state index contributed by atoms with van der Waals surface area (Å²) in [6, 6.07) is 18.1. The minimum absolute atomic E-state index is 0.222. The molecule has 0 aliphatic heterocycles. The second kappa shape index (κ2) is 11.9. The van der Waals surface area contributed by atoms with Gasteiger partial charge in [0, 0.05) is 17.7 Å². The Morgan fingerprint density at radius 1 is 1.09 bits per heavy atom. The maximum atomic E-state index is 14.1. The van der Waals surface area contributed by atoms with E-state index in [1.54, 1.807) is 42.5 Å². The Labute approximate surface area is 199 Å². The van der Waals surface area contributed by atoms with Gasteiger partial charge >= 0.3 is 5.97 Å². The van der Waals surface area contributed by atoms with Crippen molar-refractivity contribution in [3.63, 3.8) is 0 Å². The number of halogens is 1. The molecule has 34 heavy (non-hydrogen) atoms. The van der Waals surface area contributed by atoms with Crippen LogP contribution in [0.2, 0.25) is 0 Å². The molecule has 0 bridgehead atoms. The van der Waals surface area contributed by atoms with Gasteiger partial charge in [0.2, 0.25) is 0 Å². The second-order valence-corrected chi connectivity index (χ2v) is 8.07. The first-order chi connectivity index (χ1) is 16.5. The number of anilines is 1. The highest BCUT2D eigenvalue weighted by Crippen LogP contribution is 2.34. The summed E-state index contributed by atoms with van der Waals surface area (Å²) in [7, 11) is 0. The predicted molar refractivity (Wildman–Crippen MR) is 131 cm³/mol. The van der Waals surface area contributed by atoms with Crippen molar-refractivity contribution in [2.75, 3.05) is 11.9 Å². The Balaban J connectivity index is 1.97. The Bertz CT molecular complexity index is 1170. The molecule has 3 aromatic rings. The van der Waals surface area contributed by atoms with E-state index in [4.69, 9.17) is 10.00 Å². The van der Waals surface area contributed by atoms with E-state index in [1.165, 1.54) is 6.07 Å². The van der Waals surface area contributed by atoms with Crippen molar-refractivity contribution in [3.8, 4) is 11.8 Å². The van der Waals surface area contributed by atoms with Gasteiger partial charge in [-0.05, 0) is 65.9 Å². The van der Waals surface area contributed by atoms with E-state index >= 15 is 0 Å². The summed E-state index contributed by atoms with van der Waals surface area (Å²) in [4.78, 5) is 12.4. The van der Waals surface area contributed by atoms with E-state index < -0.39 is 12.0 Å². The zero-order valence-corrected chi connectivity index (χ0v) is 19.5. The molecule has 0 amide bonds. The Hall–Kier alpha value is -3.85. The highest BCUT2D eigenvalue weighted by Gasteiger charge is 2.26. The van der Waals surface area contributed by atoms with Gasteiger partial charge in [-0.25, -0.2) is 9.18 Å². The number of nitriles is 1. The number of aryl methyl sites for hydroxylation is 2. The third-order valence-electron chi connectivity index (χ3n) is 5.64. The number of benzene rings is 3. The van der Waals surface area contributed by atoms with Crippen LogP contribution in [0.4, 0.5) is 10.1 Å². The van der Waals surface area contributed by atoms with E-state index in [9.17, 15) is 14.3 Å². The van der Waals surface area contributed by atoms with E-state index in [1.807, 2.05) is 13.0 Å². The maximum Gasteiger partial charge on any atom is 0.330 e. The lowest BCUT2D eigenvalue weighted by Crippen LogP contribution is -2.22. The van der Waals surface area contributed by atoms with Gasteiger partial charge in [-0.2, -0.15) is 5.26 Å². The van der Waals surface area contributed by atoms with Crippen LogP contribution in [-0.2, 0) is 24.1 Å². The molecule has 0 spiro atoms. The first kappa shape index (κ1) is 24.8. The van der Waals surface area contributed by atoms with E-state index in [-0.39, 0.29) is 12.4 Å². The molecule has 1 atom stereocenters. The van der Waals surface area contributed by atoms with Crippen LogP contribution in [0.1, 0.15) is 54.1 Å². The zero-order valence-electron chi connectivity index (χ0n) is 19.5. The first-order valence-electron chi connectivity index (χ1n) is 11.5. The quantitative estimate of drug-likeness (QED) is 0.363. The van der Waals surface area contributed by atoms with E-state index in [2.05, 4.69) is 24.4 Å². The number of aliphatic carboxylic acids is 1. The van der Waals surface area contributed by atoms with Crippen LogP contribution < -0.4 is 10.1 Å². The van der Waals surface area contributed by atoms with Crippen molar-refractivity contribution in [1.29, 1.82) is 5.26 Å². The molecule has 0 aromatic heterocycles. The topological polar surface area (TPSA) is 82.4 Å². The van der Waals surface area contributed by atoms with Crippen LogP contribution in [0.5, 0.6) is 5.75 Å². The number of carboxylic acids is 1. The van der Waals surface area contributed by atoms with Crippen molar-refractivity contribution in [3.05, 3.63) is 94.3 Å². The second-order valence-electron chi connectivity index (χ2n) is 8.07. The number of nitrogens with zero attached hydrogens (tertiary/aromatic N) is 1. The fourth-order valence-corrected chi connectivity index (χ4v) is 3.88. The van der Waals surface area contributed by atoms with Gasteiger partial charge in [-0.15, -0.1) is 0 Å². The molecule has 2 N–H and O–H groups in total. The largest absolute Gasteiger partial charge is 0.493 e. The van der Waals surface area contributed by atoms with Gasteiger partial charge in [0.15, 0.2) is 6.04 Å². The van der Waals surface area contributed by atoms with Crippen LogP contribution in [0.3, 0.4) is 0 Å².